The van der Waals surface area contributed by atoms with Crippen LogP contribution in [-0.4, -0.2) is 56.7 Å². The predicted octanol–water partition coefficient (Wildman–Crippen LogP) is 2.33. The zero-order chi connectivity index (χ0) is 17.7. The molecule has 9 heteroatoms. The van der Waals surface area contributed by atoms with E-state index in [0.717, 1.165) is 36.6 Å². The average Bonchev–Trinajstić information content (AvgIpc) is 3.40. The maximum Gasteiger partial charge on any atom is 0.230 e. The molecular formula is C17H20N4O4S. The Labute approximate surface area is 154 Å². The molecule has 5 heterocycles. The van der Waals surface area contributed by atoms with Crippen molar-refractivity contribution in [1.29, 1.82) is 0 Å². The Balaban J connectivity index is 1.50. The van der Waals surface area contributed by atoms with Crippen LogP contribution in [0.4, 0.5) is 0 Å². The van der Waals surface area contributed by atoms with Crippen LogP contribution in [0.15, 0.2) is 22.8 Å². The third-order valence-corrected chi connectivity index (χ3v) is 6.18. The van der Waals surface area contributed by atoms with Gasteiger partial charge in [0.15, 0.2) is 5.79 Å². The van der Waals surface area contributed by atoms with Crippen molar-refractivity contribution in [2.45, 2.75) is 31.6 Å². The summed E-state index contributed by atoms with van der Waals surface area (Å²) in [4.78, 5) is 8.15. The van der Waals surface area contributed by atoms with Gasteiger partial charge in [-0.05, 0) is 19.1 Å². The molecule has 1 atom stereocenters. The van der Waals surface area contributed by atoms with Crippen molar-refractivity contribution in [2.75, 3.05) is 26.3 Å². The molecule has 0 unspecified atom stereocenters. The summed E-state index contributed by atoms with van der Waals surface area (Å²) in [5, 5.41) is 15.0. The van der Waals surface area contributed by atoms with Crippen molar-refractivity contribution < 1.29 is 19.0 Å². The summed E-state index contributed by atoms with van der Waals surface area (Å²) in [5.41, 5.74) is 0. The lowest BCUT2D eigenvalue weighted by Gasteiger charge is -2.40. The summed E-state index contributed by atoms with van der Waals surface area (Å²) in [5.74, 6) is 1.13. The Morgan fingerprint density at radius 1 is 1.27 bits per heavy atom. The minimum atomic E-state index is -0.436. The molecule has 0 aliphatic carbocycles. The molecule has 1 N–H and O–H groups in total. The largest absolute Gasteiger partial charge is 0.492 e. The van der Waals surface area contributed by atoms with E-state index in [1.165, 1.54) is 15.9 Å². The van der Waals surface area contributed by atoms with E-state index in [-0.39, 0.29) is 11.9 Å². The van der Waals surface area contributed by atoms with E-state index >= 15 is 0 Å². The quantitative estimate of drug-likeness (QED) is 0.751. The number of aromatic nitrogens is 3. The van der Waals surface area contributed by atoms with Crippen molar-refractivity contribution in [3.05, 3.63) is 34.9 Å². The fraction of sp³-hybridized carbons (Fsp3) is 0.529. The highest BCUT2D eigenvalue weighted by molar-refractivity contribution is 7.17. The van der Waals surface area contributed by atoms with Gasteiger partial charge in [0.1, 0.15) is 17.6 Å². The molecule has 5 rings (SSSR count). The molecule has 3 aromatic heterocycles. The van der Waals surface area contributed by atoms with Gasteiger partial charge < -0.3 is 19.0 Å². The molecule has 2 fully saturated rings. The molecule has 138 valence electrons. The third kappa shape index (κ3) is 2.54. The van der Waals surface area contributed by atoms with Gasteiger partial charge in [-0.2, -0.15) is 4.52 Å². The molecule has 2 aliphatic heterocycles. The van der Waals surface area contributed by atoms with Gasteiger partial charge in [0, 0.05) is 25.9 Å². The first kappa shape index (κ1) is 16.2. The van der Waals surface area contributed by atoms with E-state index in [2.05, 4.69) is 15.0 Å². The van der Waals surface area contributed by atoms with Crippen molar-refractivity contribution in [2.24, 2.45) is 0 Å². The molecule has 8 nitrogen and oxygen atoms in total. The van der Waals surface area contributed by atoms with Crippen molar-refractivity contribution >= 4 is 16.3 Å². The van der Waals surface area contributed by atoms with Crippen molar-refractivity contribution in [3.63, 3.8) is 0 Å². The molecular weight excluding hydrogens is 356 g/mol. The minimum absolute atomic E-state index is 0.126. The number of furan rings is 1. The maximum atomic E-state index is 10.8. The van der Waals surface area contributed by atoms with E-state index in [1.54, 1.807) is 6.26 Å². The van der Waals surface area contributed by atoms with Crippen LogP contribution in [0.3, 0.4) is 0 Å². The number of rotatable bonds is 3. The number of aromatic hydroxyl groups is 1. The summed E-state index contributed by atoms with van der Waals surface area (Å²) in [6.45, 7) is 4.72. The molecule has 0 saturated carbocycles. The summed E-state index contributed by atoms with van der Waals surface area (Å²) >= 11 is 1.44. The summed E-state index contributed by atoms with van der Waals surface area (Å²) < 4.78 is 18.9. The predicted molar refractivity (Wildman–Crippen MR) is 93.3 cm³/mol. The molecule has 0 radical (unpaired) electrons. The van der Waals surface area contributed by atoms with Gasteiger partial charge >= 0.3 is 0 Å². The first-order valence-electron chi connectivity index (χ1n) is 8.76. The second-order valence-corrected chi connectivity index (χ2v) is 7.71. The number of hydrogen-bond acceptors (Lipinski definition) is 8. The lowest BCUT2D eigenvalue weighted by atomic mass is 10.0. The fourth-order valence-electron chi connectivity index (χ4n) is 3.86. The Kier molecular flexibility index (Phi) is 3.78. The van der Waals surface area contributed by atoms with Gasteiger partial charge in [-0.25, -0.2) is 4.98 Å². The number of ether oxygens (including phenoxy) is 2. The number of nitrogens with zero attached hydrogens (tertiary/aromatic N) is 4. The lowest BCUT2D eigenvalue weighted by molar-refractivity contribution is -0.187. The van der Waals surface area contributed by atoms with E-state index < -0.39 is 5.79 Å². The highest BCUT2D eigenvalue weighted by Crippen LogP contribution is 2.42. The molecule has 0 amide bonds. The Hall–Kier alpha value is -1.94. The number of thiazole rings is 1. The normalized spacial score (nSPS) is 21.7. The van der Waals surface area contributed by atoms with Crippen LogP contribution in [0.2, 0.25) is 0 Å². The highest BCUT2D eigenvalue weighted by atomic mass is 32.1. The van der Waals surface area contributed by atoms with Crippen LogP contribution in [0.1, 0.15) is 35.3 Å². The highest BCUT2D eigenvalue weighted by Gasteiger charge is 2.43. The SMILES string of the molecule is Cc1nc2sc([C@@H](c3ccco3)N3CCC4(CC3)OCCO4)c(O)n2n1. The van der Waals surface area contributed by atoms with Crippen molar-refractivity contribution in [1.82, 2.24) is 19.5 Å². The molecule has 2 saturated heterocycles. The lowest BCUT2D eigenvalue weighted by Crippen LogP contribution is -2.46. The standard InChI is InChI=1S/C17H20N4O4S/c1-11-18-16-21(19-11)15(22)14(26-16)13(12-3-2-8-23-12)20-6-4-17(5-7-20)24-9-10-25-17/h2-3,8,13,22H,4-7,9-10H2,1H3/t13-/m1/s1. The van der Waals surface area contributed by atoms with Crippen LogP contribution in [0, 0.1) is 6.92 Å². The van der Waals surface area contributed by atoms with Crippen LogP contribution in [0.25, 0.3) is 4.96 Å². The monoisotopic (exact) mass is 376 g/mol. The molecule has 0 bridgehead atoms. The van der Waals surface area contributed by atoms with Crippen LogP contribution < -0.4 is 0 Å². The number of hydrogen-bond donors (Lipinski definition) is 1. The van der Waals surface area contributed by atoms with Crippen molar-refractivity contribution in [3.8, 4) is 5.88 Å². The molecule has 26 heavy (non-hydrogen) atoms. The van der Waals surface area contributed by atoms with Crippen LogP contribution in [-0.2, 0) is 9.47 Å². The molecule has 0 aromatic carbocycles. The Morgan fingerprint density at radius 3 is 2.69 bits per heavy atom. The second kappa shape index (κ2) is 6.05. The summed E-state index contributed by atoms with van der Waals surface area (Å²) in [6, 6.07) is 3.63. The zero-order valence-corrected chi connectivity index (χ0v) is 15.2. The van der Waals surface area contributed by atoms with Gasteiger partial charge in [0.05, 0.1) is 24.4 Å². The zero-order valence-electron chi connectivity index (χ0n) is 14.4. The van der Waals surface area contributed by atoms with Gasteiger partial charge in [-0.1, -0.05) is 11.3 Å². The maximum absolute atomic E-state index is 10.8. The fourth-order valence-corrected chi connectivity index (χ4v) is 5.00. The van der Waals surface area contributed by atoms with Crippen LogP contribution in [0.5, 0.6) is 5.88 Å². The van der Waals surface area contributed by atoms with Gasteiger partial charge in [0.2, 0.25) is 10.8 Å². The van der Waals surface area contributed by atoms with Gasteiger partial charge in [-0.3, -0.25) is 4.90 Å². The number of piperidine rings is 1. The first-order valence-corrected chi connectivity index (χ1v) is 9.57. The molecule has 1 spiro atoms. The average molecular weight is 376 g/mol. The Morgan fingerprint density at radius 2 is 2.04 bits per heavy atom. The number of fused-ring (bicyclic) bond motifs is 1. The number of likely N-dealkylation sites (tertiary alicyclic amines) is 1. The molecule has 3 aromatic rings. The van der Waals surface area contributed by atoms with E-state index in [9.17, 15) is 5.11 Å². The van der Waals surface area contributed by atoms with E-state index in [4.69, 9.17) is 13.9 Å². The van der Waals surface area contributed by atoms with Gasteiger partial charge in [-0.15, -0.1) is 5.10 Å². The van der Waals surface area contributed by atoms with Gasteiger partial charge in [0.25, 0.3) is 0 Å². The Bertz CT molecular complexity index is 903. The van der Waals surface area contributed by atoms with E-state index in [1.807, 2.05) is 19.1 Å². The summed E-state index contributed by atoms with van der Waals surface area (Å²) in [7, 11) is 0. The van der Waals surface area contributed by atoms with Crippen LogP contribution >= 0.6 is 11.3 Å². The molecule has 2 aliphatic rings. The summed E-state index contributed by atoms with van der Waals surface area (Å²) in [6.07, 6.45) is 3.25. The van der Waals surface area contributed by atoms with E-state index in [0.29, 0.717) is 24.0 Å². The third-order valence-electron chi connectivity index (χ3n) is 5.11. The number of aryl methyl sites for hydroxylation is 1. The smallest absolute Gasteiger partial charge is 0.230 e. The second-order valence-electron chi connectivity index (χ2n) is 6.70. The minimum Gasteiger partial charge on any atom is -0.492 e. The first-order chi connectivity index (χ1) is 12.7. The topological polar surface area (TPSA) is 85.3 Å².